The van der Waals surface area contributed by atoms with Gasteiger partial charge in [0.2, 0.25) is 0 Å². The first kappa shape index (κ1) is 29.0. The number of fused-ring (bicyclic) bond motifs is 1. The number of rotatable bonds is 13. The highest BCUT2D eigenvalue weighted by Gasteiger charge is 2.23. The molecule has 210 valence electrons. The molecular formula is C31H41N3O4S. The summed E-state index contributed by atoms with van der Waals surface area (Å²) in [5.41, 5.74) is 3.26. The normalized spacial score (nSPS) is 16.9. The van der Waals surface area contributed by atoms with Gasteiger partial charge in [0.05, 0.1) is 25.8 Å². The number of nitrogens with one attached hydrogen (secondary N) is 1. The number of esters is 1. The quantitative estimate of drug-likeness (QED) is 0.182. The van der Waals surface area contributed by atoms with Crippen LogP contribution in [0.4, 0.5) is 5.69 Å². The Kier molecular flexibility index (Phi) is 11.6. The largest absolute Gasteiger partial charge is 0.493 e. The maximum absolute atomic E-state index is 12.9. The summed E-state index contributed by atoms with van der Waals surface area (Å²) >= 11 is 1.96. The van der Waals surface area contributed by atoms with E-state index in [9.17, 15) is 9.59 Å². The molecule has 1 atom stereocenters. The second-order valence-corrected chi connectivity index (χ2v) is 11.5. The number of nitrogens with zero attached hydrogens (tertiary/aromatic N) is 2. The second kappa shape index (κ2) is 15.6. The molecule has 1 unspecified atom stereocenters. The monoisotopic (exact) mass is 551 g/mol. The third kappa shape index (κ3) is 9.60. The molecule has 0 radical (unpaired) electrons. The van der Waals surface area contributed by atoms with Crippen LogP contribution in [0.5, 0.6) is 5.75 Å². The van der Waals surface area contributed by atoms with E-state index in [0.717, 1.165) is 60.7 Å². The molecule has 2 aromatic rings. The molecule has 8 heteroatoms. The van der Waals surface area contributed by atoms with Gasteiger partial charge in [-0.25, -0.2) is 0 Å². The molecule has 7 nitrogen and oxygen atoms in total. The van der Waals surface area contributed by atoms with E-state index >= 15 is 0 Å². The summed E-state index contributed by atoms with van der Waals surface area (Å²) in [7, 11) is 0. The Morgan fingerprint density at radius 3 is 2.64 bits per heavy atom. The van der Waals surface area contributed by atoms with Crippen LogP contribution in [0.15, 0.2) is 47.6 Å². The van der Waals surface area contributed by atoms with Crippen LogP contribution < -0.4 is 10.1 Å². The highest BCUT2D eigenvalue weighted by molar-refractivity contribution is 7.99. The molecule has 1 fully saturated rings. The van der Waals surface area contributed by atoms with Gasteiger partial charge in [0.1, 0.15) is 5.75 Å². The van der Waals surface area contributed by atoms with Crippen LogP contribution in [0, 0.1) is 5.92 Å². The highest BCUT2D eigenvalue weighted by Crippen LogP contribution is 2.31. The molecule has 0 aliphatic carbocycles. The molecule has 0 aromatic heterocycles. The summed E-state index contributed by atoms with van der Waals surface area (Å²) in [4.78, 5) is 25.2. The van der Waals surface area contributed by atoms with Gasteiger partial charge >= 0.3 is 5.97 Å². The molecular weight excluding hydrogens is 510 g/mol. The van der Waals surface area contributed by atoms with Gasteiger partial charge in [0.25, 0.3) is 5.91 Å². The molecule has 1 amide bonds. The van der Waals surface area contributed by atoms with Crippen LogP contribution in [0.1, 0.15) is 73.4 Å². The number of hydrazone groups is 1. The van der Waals surface area contributed by atoms with E-state index in [2.05, 4.69) is 22.4 Å². The van der Waals surface area contributed by atoms with Crippen molar-refractivity contribution in [1.82, 2.24) is 5.01 Å². The molecule has 2 aliphatic rings. The average molecular weight is 552 g/mol. The zero-order chi connectivity index (χ0) is 27.3. The lowest BCUT2D eigenvalue weighted by atomic mass is 9.93. The Hall–Kier alpha value is -3.00. The number of ether oxygens (including phenoxy) is 2. The van der Waals surface area contributed by atoms with Crippen LogP contribution in [0.25, 0.3) is 0 Å². The fourth-order valence-electron chi connectivity index (χ4n) is 4.77. The Balaban J connectivity index is 1.23. The van der Waals surface area contributed by atoms with Crippen LogP contribution >= 0.6 is 11.8 Å². The van der Waals surface area contributed by atoms with E-state index in [-0.39, 0.29) is 17.8 Å². The number of unbranched alkanes of at least 4 members (excludes halogenated alkanes) is 5. The molecule has 39 heavy (non-hydrogen) atoms. The summed E-state index contributed by atoms with van der Waals surface area (Å²) in [5, 5.41) is 9.62. The molecule has 2 aliphatic heterocycles. The topological polar surface area (TPSA) is 80.2 Å². The number of amides is 1. The predicted molar refractivity (Wildman–Crippen MR) is 159 cm³/mol. The SMILES string of the molecule is CCCCCCCCOC(=O)CC1COc2ccc(NC(=O)c3ccc(/C=N/N4CCSCC4)cc3)cc2C1. The third-order valence-electron chi connectivity index (χ3n) is 7.05. The standard InChI is InChI=1S/C31H41N3O4S/c1-2-3-4-5-6-7-16-37-30(35)20-25-19-27-21-28(12-13-29(27)38-23-25)33-31(36)26-10-8-24(9-11-26)22-32-34-14-17-39-18-15-34/h8-13,21-22,25H,2-7,14-20,23H2,1H3,(H,33,36)/b32-22+. The Morgan fingerprint density at radius 2 is 1.85 bits per heavy atom. The third-order valence-corrected chi connectivity index (χ3v) is 7.99. The van der Waals surface area contributed by atoms with Crippen LogP contribution in [-0.2, 0) is 16.0 Å². The predicted octanol–water partition coefficient (Wildman–Crippen LogP) is 6.17. The van der Waals surface area contributed by atoms with E-state index in [1.165, 1.54) is 25.7 Å². The minimum atomic E-state index is -0.168. The van der Waals surface area contributed by atoms with Crippen molar-refractivity contribution in [3.63, 3.8) is 0 Å². The minimum Gasteiger partial charge on any atom is -0.493 e. The summed E-state index contributed by atoms with van der Waals surface area (Å²) in [6, 6.07) is 13.1. The molecule has 1 N–H and O–H groups in total. The Morgan fingerprint density at radius 1 is 1.08 bits per heavy atom. The number of thioether (sulfide) groups is 1. The lowest BCUT2D eigenvalue weighted by molar-refractivity contribution is -0.145. The molecule has 0 spiro atoms. The van der Waals surface area contributed by atoms with Gasteiger partial charge in [-0.15, -0.1) is 0 Å². The summed E-state index contributed by atoms with van der Waals surface area (Å²) < 4.78 is 11.4. The zero-order valence-electron chi connectivity index (χ0n) is 23.0. The summed E-state index contributed by atoms with van der Waals surface area (Å²) in [6.45, 7) is 5.14. The number of anilines is 1. The van der Waals surface area contributed by atoms with Crippen molar-refractivity contribution in [2.24, 2.45) is 11.0 Å². The van der Waals surface area contributed by atoms with Gasteiger partial charge in [-0.1, -0.05) is 51.2 Å². The van der Waals surface area contributed by atoms with Gasteiger partial charge in [0, 0.05) is 41.8 Å². The van der Waals surface area contributed by atoms with Crippen molar-refractivity contribution >= 4 is 35.5 Å². The lowest BCUT2D eigenvalue weighted by Gasteiger charge is -2.25. The lowest BCUT2D eigenvalue weighted by Crippen LogP contribution is -2.27. The van der Waals surface area contributed by atoms with Crippen molar-refractivity contribution < 1.29 is 19.1 Å². The summed E-state index contributed by atoms with van der Waals surface area (Å²) in [5.74, 6) is 2.76. The van der Waals surface area contributed by atoms with Gasteiger partial charge in [-0.05, 0) is 54.3 Å². The Bertz CT molecular complexity index is 1100. The van der Waals surface area contributed by atoms with Gasteiger partial charge in [-0.3, -0.25) is 14.6 Å². The molecule has 0 bridgehead atoms. The maximum atomic E-state index is 12.9. The van der Waals surface area contributed by atoms with Crippen molar-refractivity contribution in [3.8, 4) is 5.75 Å². The molecule has 2 aromatic carbocycles. The first-order chi connectivity index (χ1) is 19.1. The maximum Gasteiger partial charge on any atom is 0.306 e. The highest BCUT2D eigenvalue weighted by atomic mass is 32.2. The number of hydrogen-bond acceptors (Lipinski definition) is 7. The molecule has 4 rings (SSSR count). The molecule has 1 saturated heterocycles. The van der Waals surface area contributed by atoms with Crippen LogP contribution in [-0.4, -0.2) is 60.9 Å². The van der Waals surface area contributed by atoms with Crippen molar-refractivity contribution in [1.29, 1.82) is 0 Å². The molecule has 0 saturated carbocycles. The van der Waals surface area contributed by atoms with Crippen molar-refractivity contribution in [2.45, 2.75) is 58.3 Å². The van der Waals surface area contributed by atoms with E-state index in [1.54, 1.807) is 0 Å². The second-order valence-electron chi connectivity index (χ2n) is 10.3. The van der Waals surface area contributed by atoms with E-state index < -0.39 is 0 Å². The van der Waals surface area contributed by atoms with E-state index in [0.29, 0.717) is 30.9 Å². The number of benzene rings is 2. The van der Waals surface area contributed by atoms with E-state index in [4.69, 9.17) is 9.47 Å². The van der Waals surface area contributed by atoms with Gasteiger partial charge in [-0.2, -0.15) is 16.9 Å². The summed E-state index contributed by atoms with van der Waals surface area (Å²) in [6.07, 6.45) is 9.92. The first-order valence-corrected chi connectivity index (χ1v) is 15.5. The number of carbonyl (C=O) groups is 2. The first-order valence-electron chi connectivity index (χ1n) is 14.3. The Labute approximate surface area is 236 Å². The smallest absolute Gasteiger partial charge is 0.306 e. The van der Waals surface area contributed by atoms with Crippen molar-refractivity contribution in [3.05, 3.63) is 59.2 Å². The number of hydrogen-bond donors (Lipinski definition) is 1. The van der Waals surface area contributed by atoms with E-state index in [1.807, 2.05) is 60.4 Å². The minimum absolute atomic E-state index is 0.0680. The zero-order valence-corrected chi connectivity index (χ0v) is 23.8. The van der Waals surface area contributed by atoms with Crippen molar-refractivity contribution in [2.75, 3.05) is 43.1 Å². The van der Waals surface area contributed by atoms with Crippen LogP contribution in [0.2, 0.25) is 0 Å². The van der Waals surface area contributed by atoms with Crippen LogP contribution in [0.3, 0.4) is 0 Å². The fraction of sp³-hybridized carbons (Fsp3) is 0.516. The fourth-order valence-corrected chi connectivity index (χ4v) is 5.65. The van der Waals surface area contributed by atoms with Gasteiger partial charge in [0.15, 0.2) is 0 Å². The number of carbonyl (C=O) groups excluding carboxylic acids is 2. The molecule has 2 heterocycles. The van der Waals surface area contributed by atoms with Gasteiger partial charge < -0.3 is 14.8 Å². The average Bonchev–Trinajstić information content (AvgIpc) is 2.96.